The number of carbonyl (C=O) groups excluding carboxylic acids is 4. The number of benzene rings is 2. The van der Waals surface area contributed by atoms with Gasteiger partial charge in [-0.2, -0.15) is 0 Å². The molecule has 2 heterocycles. The van der Waals surface area contributed by atoms with Gasteiger partial charge in [0.1, 0.15) is 17.6 Å². The summed E-state index contributed by atoms with van der Waals surface area (Å²) < 4.78 is 5.02. The minimum absolute atomic E-state index is 0.107. The van der Waals surface area contributed by atoms with Crippen LogP contribution in [0.15, 0.2) is 66.7 Å². The van der Waals surface area contributed by atoms with Crippen LogP contribution in [0.1, 0.15) is 42.2 Å². The van der Waals surface area contributed by atoms with Crippen LogP contribution in [0.4, 0.5) is 10.6 Å². The van der Waals surface area contributed by atoms with Crippen molar-refractivity contribution in [2.75, 3.05) is 38.1 Å². The number of nitrogens with zero attached hydrogens (tertiary/aromatic N) is 4. The summed E-state index contributed by atoms with van der Waals surface area (Å²) in [4.78, 5) is 75.0. The zero-order chi connectivity index (χ0) is 32.2. The van der Waals surface area contributed by atoms with Crippen LogP contribution < -0.4 is 10.6 Å². The lowest BCUT2D eigenvalue weighted by molar-refractivity contribution is -0.138. The largest absolute Gasteiger partial charge is 0.481 e. The molecule has 1 atom stereocenters. The van der Waals surface area contributed by atoms with Crippen LogP contribution in [-0.2, 0) is 25.5 Å². The molecule has 236 valence electrons. The third kappa shape index (κ3) is 9.58. The predicted octanol–water partition coefficient (Wildman–Crippen LogP) is 2.98. The standard InChI is InChI=1S/C32H36N6O7/c1-2-45-32(44)38-19-17-37(18-20-38)31(43)24(14-16-28(40)41)34-30(42)25-21-26(36-29(33-25)23-11-7-4-8-12-23)35-27(39)15-13-22-9-5-3-6-10-22/h3-12,21,24H,2,13-20H2,1H3,(H,34,42)(H,40,41)(H,33,35,36,39). The van der Waals surface area contributed by atoms with Crippen molar-refractivity contribution in [2.45, 2.75) is 38.6 Å². The lowest BCUT2D eigenvalue weighted by Crippen LogP contribution is -2.56. The number of hydrogen-bond donors (Lipinski definition) is 3. The molecule has 4 rings (SSSR count). The Morgan fingerprint density at radius 2 is 1.53 bits per heavy atom. The number of anilines is 1. The Hall–Kier alpha value is -5.33. The van der Waals surface area contributed by atoms with Gasteiger partial charge < -0.3 is 30.3 Å². The molecule has 0 bridgehead atoms. The van der Waals surface area contributed by atoms with Crippen LogP contribution in [-0.4, -0.2) is 93.5 Å². The molecule has 45 heavy (non-hydrogen) atoms. The first-order valence-corrected chi connectivity index (χ1v) is 14.7. The van der Waals surface area contributed by atoms with E-state index in [1.54, 1.807) is 31.2 Å². The Kier molecular flexibility index (Phi) is 11.5. The number of aryl methyl sites for hydroxylation is 1. The number of amides is 4. The Labute approximate surface area is 260 Å². The molecule has 1 aliphatic rings. The van der Waals surface area contributed by atoms with E-state index in [0.29, 0.717) is 12.0 Å². The van der Waals surface area contributed by atoms with Crippen molar-refractivity contribution < 1.29 is 33.8 Å². The lowest BCUT2D eigenvalue weighted by atomic mass is 10.1. The second kappa shape index (κ2) is 15.9. The molecule has 0 saturated carbocycles. The van der Waals surface area contributed by atoms with Gasteiger partial charge in [0, 0.05) is 50.7 Å². The maximum absolute atomic E-state index is 13.5. The highest BCUT2D eigenvalue weighted by Gasteiger charge is 2.31. The molecule has 0 aliphatic carbocycles. The van der Waals surface area contributed by atoms with Crippen molar-refractivity contribution in [2.24, 2.45) is 0 Å². The van der Waals surface area contributed by atoms with Gasteiger partial charge >= 0.3 is 12.1 Å². The van der Waals surface area contributed by atoms with Crippen molar-refractivity contribution >= 4 is 35.6 Å². The monoisotopic (exact) mass is 616 g/mol. The number of aliphatic carboxylic acids is 1. The molecule has 0 spiro atoms. The first-order valence-electron chi connectivity index (χ1n) is 14.7. The molecule has 1 aromatic heterocycles. The highest BCUT2D eigenvalue weighted by atomic mass is 16.6. The van der Waals surface area contributed by atoms with E-state index in [4.69, 9.17) is 4.74 Å². The molecule has 1 unspecified atom stereocenters. The maximum Gasteiger partial charge on any atom is 0.409 e. The number of rotatable bonds is 12. The summed E-state index contributed by atoms with van der Waals surface area (Å²) in [6.45, 7) is 2.81. The summed E-state index contributed by atoms with van der Waals surface area (Å²) in [5.74, 6) is -2.34. The minimum atomic E-state index is -1.17. The number of hydrogen-bond acceptors (Lipinski definition) is 8. The quantitative estimate of drug-likeness (QED) is 0.277. The van der Waals surface area contributed by atoms with E-state index in [1.165, 1.54) is 15.9 Å². The smallest absolute Gasteiger partial charge is 0.409 e. The average Bonchev–Trinajstić information content (AvgIpc) is 3.06. The van der Waals surface area contributed by atoms with Gasteiger partial charge in [-0.25, -0.2) is 14.8 Å². The van der Waals surface area contributed by atoms with Crippen LogP contribution in [0.25, 0.3) is 11.4 Å². The summed E-state index contributed by atoms with van der Waals surface area (Å²) in [5, 5.41) is 14.7. The van der Waals surface area contributed by atoms with Gasteiger partial charge in [0.25, 0.3) is 5.91 Å². The number of aromatic nitrogens is 2. The van der Waals surface area contributed by atoms with E-state index < -0.39 is 29.9 Å². The van der Waals surface area contributed by atoms with Gasteiger partial charge in [0.2, 0.25) is 11.8 Å². The van der Waals surface area contributed by atoms with E-state index in [0.717, 1.165) is 5.56 Å². The van der Waals surface area contributed by atoms with Gasteiger partial charge in [-0.05, 0) is 25.3 Å². The van der Waals surface area contributed by atoms with Crippen molar-refractivity contribution in [1.29, 1.82) is 0 Å². The minimum Gasteiger partial charge on any atom is -0.481 e. The Morgan fingerprint density at radius 3 is 2.18 bits per heavy atom. The fraction of sp³-hybridized carbons (Fsp3) is 0.344. The van der Waals surface area contributed by atoms with Crippen LogP contribution >= 0.6 is 0 Å². The zero-order valence-corrected chi connectivity index (χ0v) is 25.0. The van der Waals surface area contributed by atoms with Crippen molar-refractivity contribution in [3.05, 3.63) is 78.0 Å². The fourth-order valence-corrected chi connectivity index (χ4v) is 4.75. The average molecular weight is 617 g/mol. The zero-order valence-electron chi connectivity index (χ0n) is 25.0. The summed E-state index contributed by atoms with van der Waals surface area (Å²) in [6, 6.07) is 18.6. The third-order valence-corrected chi connectivity index (χ3v) is 7.11. The number of ether oxygens (including phenoxy) is 1. The van der Waals surface area contributed by atoms with Crippen LogP contribution in [0.2, 0.25) is 0 Å². The molecule has 1 aliphatic heterocycles. The molecule has 3 N–H and O–H groups in total. The fourth-order valence-electron chi connectivity index (χ4n) is 4.75. The SMILES string of the molecule is CCOC(=O)N1CCN(C(=O)C(CCC(=O)O)NC(=O)c2cc(NC(=O)CCc3ccccc3)nc(-c3ccccc3)n2)CC1. The topological polar surface area (TPSA) is 171 Å². The second-order valence-electron chi connectivity index (χ2n) is 10.3. The maximum atomic E-state index is 13.5. The van der Waals surface area contributed by atoms with Crippen LogP contribution in [0.3, 0.4) is 0 Å². The molecule has 0 radical (unpaired) electrons. The Balaban J connectivity index is 1.51. The lowest BCUT2D eigenvalue weighted by Gasteiger charge is -2.35. The highest BCUT2D eigenvalue weighted by Crippen LogP contribution is 2.19. The Bertz CT molecular complexity index is 1490. The summed E-state index contributed by atoms with van der Waals surface area (Å²) in [7, 11) is 0. The molecule has 1 fully saturated rings. The second-order valence-corrected chi connectivity index (χ2v) is 10.3. The molecule has 1 saturated heterocycles. The number of carbonyl (C=O) groups is 5. The number of carboxylic acids is 1. The van der Waals surface area contributed by atoms with E-state index in [2.05, 4.69) is 20.6 Å². The Morgan fingerprint density at radius 1 is 0.889 bits per heavy atom. The highest BCUT2D eigenvalue weighted by molar-refractivity contribution is 5.98. The van der Waals surface area contributed by atoms with Crippen molar-refractivity contribution in [1.82, 2.24) is 25.1 Å². The van der Waals surface area contributed by atoms with E-state index in [1.807, 2.05) is 36.4 Å². The normalized spacial score (nSPS) is 13.4. The van der Waals surface area contributed by atoms with E-state index in [9.17, 15) is 29.1 Å². The first-order chi connectivity index (χ1) is 21.7. The van der Waals surface area contributed by atoms with Gasteiger partial charge in [-0.15, -0.1) is 0 Å². The molecule has 2 aromatic carbocycles. The van der Waals surface area contributed by atoms with Crippen LogP contribution in [0, 0.1) is 0 Å². The van der Waals surface area contributed by atoms with Gasteiger partial charge in [0.05, 0.1) is 6.61 Å². The molecule has 13 nitrogen and oxygen atoms in total. The molecule has 13 heteroatoms. The van der Waals surface area contributed by atoms with Crippen molar-refractivity contribution in [3.63, 3.8) is 0 Å². The number of carboxylic acid groups (broad SMARTS) is 1. The summed E-state index contributed by atoms with van der Waals surface area (Å²) in [5.41, 5.74) is 1.49. The number of piperazine rings is 1. The summed E-state index contributed by atoms with van der Waals surface area (Å²) >= 11 is 0. The number of nitrogens with one attached hydrogen (secondary N) is 2. The van der Waals surface area contributed by atoms with Gasteiger partial charge in [-0.3, -0.25) is 19.2 Å². The van der Waals surface area contributed by atoms with Gasteiger partial charge in [-0.1, -0.05) is 60.7 Å². The third-order valence-electron chi connectivity index (χ3n) is 7.11. The molecular formula is C32H36N6O7. The molecule has 4 amide bonds. The first kappa shape index (κ1) is 32.6. The molecule has 3 aromatic rings. The van der Waals surface area contributed by atoms with Crippen molar-refractivity contribution in [3.8, 4) is 11.4 Å². The summed E-state index contributed by atoms with van der Waals surface area (Å²) in [6.07, 6.45) is -0.288. The van der Waals surface area contributed by atoms with Gasteiger partial charge in [0.15, 0.2) is 5.82 Å². The van der Waals surface area contributed by atoms with E-state index in [-0.39, 0.29) is 75.3 Å². The van der Waals surface area contributed by atoms with Crippen LogP contribution in [0.5, 0.6) is 0 Å². The van der Waals surface area contributed by atoms with E-state index >= 15 is 0 Å². The molecular weight excluding hydrogens is 580 g/mol. The predicted molar refractivity (Wildman–Crippen MR) is 164 cm³/mol.